The Labute approximate surface area is 141 Å². The Balaban J connectivity index is 0.00000338. The average molecular weight is 319 g/mol. The molecule has 1 fully saturated rings. The van der Waals surface area contributed by atoms with Gasteiger partial charge in [0.05, 0.1) is 16.8 Å². The van der Waals surface area contributed by atoms with E-state index in [1.165, 1.54) is 17.0 Å². The third kappa shape index (κ3) is 4.60. The van der Waals surface area contributed by atoms with Crippen molar-refractivity contribution in [2.45, 2.75) is 43.6 Å². The maximum atomic E-state index is 11.2. The lowest BCUT2D eigenvalue weighted by Crippen LogP contribution is -2.42. The second kappa shape index (κ2) is 8.02. The van der Waals surface area contributed by atoms with Crippen molar-refractivity contribution in [1.82, 2.24) is 4.90 Å². The van der Waals surface area contributed by atoms with E-state index in [9.17, 15) is 5.11 Å². The standard InChI is InChI=1S/C17H27NO2.ClH/c1-18(2)13-16(17(19)11-5-4-6-12-17)14-7-9-15(20-3)10-8-14;/h7-10,16,19H,4-6,11-13H2,1-3H3;1H/t16-;/m0./s1/i3D3,13D2;. The van der Waals surface area contributed by atoms with Crippen molar-refractivity contribution in [2.24, 2.45) is 0 Å². The third-order valence-corrected chi connectivity index (χ3v) is 3.98. The first-order valence-corrected chi connectivity index (χ1v) is 7.14. The summed E-state index contributed by atoms with van der Waals surface area (Å²) in [6.07, 6.45) is 3.90. The van der Waals surface area contributed by atoms with E-state index in [0.29, 0.717) is 18.4 Å². The van der Waals surface area contributed by atoms with Gasteiger partial charge < -0.3 is 14.7 Å². The van der Waals surface area contributed by atoms with Gasteiger partial charge in [-0.05, 0) is 44.6 Å². The SMILES string of the molecule is Cl.[2H]C([2H])([2H])Oc1ccc([C@@H](C2(O)CCCCC2)C([2H])([2H])N(C)C)cc1. The van der Waals surface area contributed by atoms with Crippen LogP contribution in [0, 0.1) is 0 Å². The molecule has 1 aliphatic carbocycles. The zero-order chi connectivity index (χ0) is 18.9. The van der Waals surface area contributed by atoms with Crippen LogP contribution in [-0.4, -0.2) is 43.2 Å². The van der Waals surface area contributed by atoms with Crippen LogP contribution in [0.4, 0.5) is 0 Å². The molecule has 1 aliphatic rings. The van der Waals surface area contributed by atoms with Crippen LogP contribution in [0.1, 0.15) is 50.4 Å². The first-order valence-electron chi connectivity index (χ1n) is 9.64. The van der Waals surface area contributed by atoms with Gasteiger partial charge in [0.1, 0.15) is 5.75 Å². The molecule has 2 rings (SSSR count). The summed E-state index contributed by atoms with van der Waals surface area (Å²) < 4.78 is 43.4. The van der Waals surface area contributed by atoms with E-state index in [2.05, 4.69) is 0 Å². The van der Waals surface area contributed by atoms with Crippen LogP contribution in [0.15, 0.2) is 24.3 Å². The smallest absolute Gasteiger partial charge is 0.118 e. The summed E-state index contributed by atoms with van der Waals surface area (Å²) in [5, 5.41) is 11.2. The molecule has 1 N–H and O–H groups in total. The molecule has 4 heteroatoms. The molecule has 0 spiro atoms. The van der Waals surface area contributed by atoms with Crippen LogP contribution in [0.25, 0.3) is 0 Å². The number of benzene rings is 1. The van der Waals surface area contributed by atoms with Crippen molar-refractivity contribution in [2.75, 3.05) is 27.6 Å². The predicted octanol–water partition coefficient (Wildman–Crippen LogP) is 3.46. The van der Waals surface area contributed by atoms with Gasteiger partial charge in [0, 0.05) is 15.2 Å². The summed E-state index contributed by atoms with van der Waals surface area (Å²) >= 11 is 0. The van der Waals surface area contributed by atoms with Gasteiger partial charge in [-0.15, -0.1) is 12.4 Å². The first-order chi connectivity index (χ1) is 11.5. The van der Waals surface area contributed by atoms with E-state index in [-0.39, 0.29) is 18.2 Å². The molecule has 0 amide bonds. The van der Waals surface area contributed by atoms with Crippen molar-refractivity contribution >= 4 is 12.4 Å². The van der Waals surface area contributed by atoms with E-state index in [1.807, 2.05) is 0 Å². The molecule has 120 valence electrons. The second-order valence-corrected chi connectivity index (χ2v) is 5.79. The number of hydrogen-bond donors (Lipinski definition) is 1. The summed E-state index contributed by atoms with van der Waals surface area (Å²) in [5.41, 5.74) is -0.487. The van der Waals surface area contributed by atoms with E-state index in [0.717, 1.165) is 19.3 Å². The summed E-state index contributed by atoms with van der Waals surface area (Å²) in [6.45, 7) is -1.75. The molecule has 0 aliphatic heterocycles. The Hall–Kier alpha value is -0.770. The predicted molar refractivity (Wildman–Crippen MR) is 89.6 cm³/mol. The minimum absolute atomic E-state index is 0. The number of nitrogens with zero attached hydrogens (tertiary/aromatic N) is 1. The molecular weight excluding hydrogens is 286 g/mol. The highest BCUT2D eigenvalue weighted by Crippen LogP contribution is 2.40. The van der Waals surface area contributed by atoms with Crippen molar-refractivity contribution in [3.8, 4) is 5.75 Å². The van der Waals surface area contributed by atoms with Gasteiger partial charge in [0.15, 0.2) is 0 Å². The van der Waals surface area contributed by atoms with Gasteiger partial charge in [-0.1, -0.05) is 31.4 Å². The third-order valence-electron chi connectivity index (χ3n) is 3.98. The van der Waals surface area contributed by atoms with Gasteiger partial charge in [-0.25, -0.2) is 0 Å². The Bertz CT molecular complexity index is 572. The molecule has 0 radical (unpaired) electrons. The minimum atomic E-state index is -2.53. The lowest BCUT2D eigenvalue weighted by atomic mass is 9.72. The van der Waals surface area contributed by atoms with Crippen LogP contribution in [0.3, 0.4) is 0 Å². The number of aliphatic hydroxyl groups is 1. The van der Waals surface area contributed by atoms with Gasteiger partial charge >= 0.3 is 0 Å². The molecule has 1 atom stereocenters. The number of rotatable bonds is 5. The zero-order valence-corrected chi connectivity index (χ0v) is 13.4. The minimum Gasteiger partial charge on any atom is -0.497 e. The molecule has 3 nitrogen and oxygen atoms in total. The number of halogens is 1. The van der Waals surface area contributed by atoms with Gasteiger partial charge in [0.2, 0.25) is 0 Å². The highest BCUT2D eigenvalue weighted by atomic mass is 35.5. The fourth-order valence-electron chi connectivity index (χ4n) is 2.94. The Kier molecular flexibility index (Phi) is 4.49. The van der Waals surface area contributed by atoms with Crippen molar-refractivity contribution in [3.63, 3.8) is 0 Å². The van der Waals surface area contributed by atoms with Crippen LogP contribution in [-0.2, 0) is 0 Å². The first kappa shape index (κ1) is 11.8. The number of ether oxygens (including phenoxy) is 1. The largest absolute Gasteiger partial charge is 0.497 e. The van der Waals surface area contributed by atoms with E-state index >= 15 is 0 Å². The van der Waals surface area contributed by atoms with E-state index in [4.69, 9.17) is 11.6 Å². The summed E-state index contributed by atoms with van der Waals surface area (Å²) in [5.74, 6) is -0.541. The highest BCUT2D eigenvalue weighted by molar-refractivity contribution is 5.85. The maximum absolute atomic E-state index is 11.2. The normalized spacial score (nSPS) is 23.7. The molecule has 0 saturated heterocycles. The van der Waals surface area contributed by atoms with Crippen molar-refractivity contribution < 1.29 is 16.7 Å². The van der Waals surface area contributed by atoms with E-state index in [1.54, 1.807) is 26.2 Å². The molecule has 1 saturated carbocycles. The molecule has 0 unspecified atom stereocenters. The van der Waals surface area contributed by atoms with Crippen LogP contribution in [0.2, 0.25) is 0 Å². The number of hydrogen-bond acceptors (Lipinski definition) is 3. The monoisotopic (exact) mass is 318 g/mol. The highest BCUT2D eigenvalue weighted by Gasteiger charge is 2.38. The quantitative estimate of drug-likeness (QED) is 0.902. The van der Waals surface area contributed by atoms with Crippen LogP contribution < -0.4 is 4.74 Å². The topological polar surface area (TPSA) is 32.7 Å². The van der Waals surface area contributed by atoms with Crippen LogP contribution in [0.5, 0.6) is 5.75 Å². The lowest BCUT2D eigenvalue weighted by molar-refractivity contribution is -0.0277. The Morgan fingerprint density at radius 3 is 2.43 bits per heavy atom. The summed E-state index contributed by atoms with van der Waals surface area (Å²) in [6, 6.07) is 6.35. The molecule has 1 aromatic carbocycles. The van der Waals surface area contributed by atoms with Gasteiger partial charge in [0.25, 0.3) is 0 Å². The maximum Gasteiger partial charge on any atom is 0.118 e. The average Bonchev–Trinajstić information content (AvgIpc) is 2.48. The van der Waals surface area contributed by atoms with Crippen molar-refractivity contribution in [3.05, 3.63) is 29.8 Å². The van der Waals surface area contributed by atoms with Crippen molar-refractivity contribution in [1.29, 1.82) is 0 Å². The fourth-order valence-corrected chi connectivity index (χ4v) is 2.94. The Morgan fingerprint density at radius 2 is 1.90 bits per heavy atom. The Morgan fingerprint density at radius 1 is 1.29 bits per heavy atom. The molecule has 0 aromatic heterocycles. The fraction of sp³-hybridized carbons (Fsp3) is 0.647. The summed E-state index contributed by atoms with van der Waals surface area (Å²) in [4.78, 5) is 1.48. The summed E-state index contributed by atoms with van der Waals surface area (Å²) in [7, 11) is 0.789. The molecule has 1 aromatic rings. The molecule has 0 bridgehead atoms. The number of methoxy groups -OCH3 is 1. The van der Waals surface area contributed by atoms with Gasteiger partial charge in [-0.3, -0.25) is 0 Å². The second-order valence-electron chi connectivity index (χ2n) is 5.79. The molecule has 0 heterocycles. The van der Waals surface area contributed by atoms with Gasteiger partial charge in [-0.2, -0.15) is 0 Å². The zero-order valence-electron chi connectivity index (χ0n) is 17.6. The van der Waals surface area contributed by atoms with E-state index < -0.39 is 25.1 Å². The molecular formula is C17H28ClNO2. The van der Waals surface area contributed by atoms with Crippen LogP contribution >= 0.6 is 12.4 Å². The lowest BCUT2D eigenvalue weighted by Gasteiger charge is -2.40. The molecule has 21 heavy (non-hydrogen) atoms. The number of likely N-dealkylation sites (N-methyl/N-ethyl adjacent to an activating group) is 1.